The zero-order chi connectivity index (χ0) is 15.9. The number of hydrogen-bond acceptors (Lipinski definition) is 4. The molecule has 2 N–H and O–H groups in total. The predicted octanol–water partition coefficient (Wildman–Crippen LogP) is 1.42. The van der Waals surface area contributed by atoms with Crippen molar-refractivity contribution in [3.8, 4) is 0 Å². The Labute approximate surface area is 143 Å². The summed E-state index contributed by atoms with van der Waals surface area (Å²) in [6.07, 6.45) is 6.11. The van der Waals surface area contributed by atoms with Gasteiger partial charge in [0.2, 0.25) is 5.91 Å². The van der Waals surface area contributed by atoms with Gasteiger partial charge in [0.05, 0.1) is 12.3 Å². The van der Waals surface area contributed by atoms with Gasteiger partial charge in [-0.3, -0.25) is 9.48 Å². The molecule has 6 nitrogen and oxygen atoms in total. The van der Waals surface area contributed by atoms with Crippen molar-refractivity contribution >= 4 is 18.3 Å². The number of nitrogens with one attached hydrogen (secondary N) is 2. The molecule has 1 aliphatic carbocycles. The molecule has 2 aliphatic rings. The van der Waals surface area contributed by atoms with Crippen LogP contribution in [0.2, 0.25) is 0 Å². The maximum Gasteiger partial charge on any atom is 0.242 e. The minimum atomic E-state index is -0.368. The molecule has 2 fully saturated rings. The van der Waals surface area contributed by atoms with Crippen molar-refractivity contribution in [2.75, 3.05) is 13.7 Å². The largest absolute Gasteiger partial charge is 0.377 e. The van der Waals surface area contributed by atoms with Crippen molar-refractivity contribution < 1.29 is 9.53 Å². The summed E-state index contributed by atoms with van der Waals surface area (Å²) in [6, 6.07) is -0.189. The Morgan fingerprint density at radius 3 is 2.87 bits per heavy atom. The van der Waals surface area contributed by atoms with Crippen molar-refractivity contribution in [1.82, 2.24) is 20.4 Å². The SMILES string of the molecule is CNC(C(=O)NC1C2CCCOC2C1(C)C)c1cnn(C)c1.Cl. The molecule has 0 bridgehead atoms. The highest BCUT2D eigenvalue weighted by Gasteiger charge is 2.58. The Hall–Kier alpha value is -1.11. The van der Waals surface area contributed by atoms with Gasteiger partial charge in [-0.1, -0.05) is 13.8 Å². The summed E-state index contributed by atoms with van der Waals surface area (Å²) in [4.78, 5) is 12.7. The van der Waals surface area contributed by atoms with Crippen LogP contribution in [0.3, 0.4) is 0 Å². The van der Waals surface area contributed by atoms with E-state index in [1.165, 1.54) is 0 Å². The second kappa shape index (κ2) is 6.79. The van der Waals surface area contributed by atoms with Crippen molar-refractivity contribution in [1.29, 1.82) is 0 Å². The molecular formula is C16H27ClN4O2. The lowest BCUT2D eigenvalue weighted by Crippen LogP contribution is -2.70. The molecule has 1 aliphatic heterocycles. The van der Waals surface area contributed by atoms with Gasteiger partial charge < -0.3 is 15.4 Å². The second-order valence-corrected chi connectivity index (χ2v) is 7.07. The van der Waals surface area contributed by atoms with Crippen LogP contribution in [0.5, 0.6) is 0 Å². The molecule has 1 saturated carbocycles. The third-order valence-electron chi connectivity index (χ3n) is 5.24. The van der Waals surface area contributed by atoms with E-state index in [-0.39, 0.29) is 41.9 Å². The third kappa shape index (κ3) is 3.12. The minimum absolute atomic E-state index is 0. The smallest absolute Gasteiger partial charge is 0.242 e. The van der Waals surface area contributed by atoms with E-state index in [2.05, 4.69) is 29.6 Å². The molecule has 1 aromatic rings. The number of rotatable bonds is 4. The van der Waals surface area contributed by atoms with Gasteiger partial charge in [-0.2, -0.15) is 5.10 Å². The molecule has 4 unspecified atom stereocenters. The Morgan fingerprint density at radius 2 is 2.26 bits per heavy atom. The number of halogens is 1. The van der Waals surface area contributed by atoms with Crippen LogP contribution in [0.25, 0.3) is 0 Å². The Balaban J connectivity index is 0.00000192. The number of aryl methyl sites for hydroxylation is 1. The third-order valence-corrected chi connectivity index (χ3v) is 5.24. The van der Waals surface area contributed by atoms with E-state index in [9.17, 15) is 4.79 Å². The second-order valence-electron chi connectivity index (χ2n) is 7.07. The molecule has 0 aromatic carbocycles. The summed E-state index contributed by atoms with van der Waals surface area (Å²) < 4.78 is 7.61. The van der Waals surface area contributed by atoms with Crippen LogP contribution in [0.1, 0.15) is 38.3 Å². The van der Waals surface area contributed by atoms with Crippen molar-refractivity contribution in [2.45, 2.75) is 44.9 Å². The molecular weight excluding hydrogens is 316 g/mol. The van der Waals surface area contributed by atoms with Gasteiger partial charge in [0.25, 0.3) is 0 Å². The van der Waals surface area contributed by atoms with Crippen molar-refractivity contribution in [3.05, 3.63) is 18.0 Å². The first kappa shape index (κ1) is 18.2. The molecule has 1 aromatic heterocycles. The van der Waals surface area contributed by atoms with Gasteiger partial charge in [-0.15, -0.1) is 12.4 Å². The molecule has 7 heteroatoms. The summed E-state index contributed by atoms with van der Waals surface area (Å²) >= 11 is 0. The molecule has 4 atom stereocenters. The first-order chi connectivity index (χ1) is 10.4. The normalized spacial score (nSPS) is 29.7. The number of likely N-dealkylation sites (N-methyl/N-ethyl adjacent to an activating group) is 1. The highest BCUT2D eigenvalue weighted by molar-refractivity contribution is 5.85. The molecule has 130 valence electrons. The summed E-state index contributed by atoms with van der Waals surface area (Å²) in [7, 11) is 3.66. The molecule has 2 heterocycles. The van der Waals surface area contributed by atoms with Crippen LogP contribution in [0, 0.1) is 11.3 Å². The molecule has 1 amide bonds. The van der Waals surface area contributed by atoms with E-state index in [1.54, 1.807) is 17.9 Å². The topological polar surface area (TPSA) is 68.2 Å². The van der Waals surface area contributed by atoms with Gasteiger partial charge in [-0.05, 0) is 19.9 Å². The zero-order valence-electron chi connectivity index (χ0n) is 14.2. The molecule has 23 heavy (non-hydrogen) atoms. The van der Waals surface area contributed by atoms with Crippen LogP contribution in [-0.2, 0) is 16.6 Å². The number of ether oxygens (including phenoxy) is 1. The van der Waals surface area contributed by atoms with Gasteiger partial charge >= 0.3 is 0 Å². The lowest BCUT2D eigenvalue weighted by Gasteiger charge is -2.60. The number of fused-ring (bicyclic) bond motifs is 1. The Kier molecular flexibility index (Phi) is 5.38. The average molecular weight is 343 g/mol. The standard InChI is InChI=1S/C16H26N4O2.ClH/c1-16(2)13(11-6-5-7-22-14(11)16)19-15(21)12(17-3)10-8-18-20(4)9-10;/h8-9,11-14,17H,5-7H2,1-4H3,(H,19,21);1H. The molecule has 0 spiro atoms. The van der Waals surface area contributed by atoms with Crippen LogP contribution in [-0.4, -0.2) is 41.5 Å². The van der Waals surface area contributed by atoms with Gasteiger partial charge in [0.15, 0.2) is 0 Å². The van der Waals surface area contributed by atoms with Gasteiger partial charge in [-0.25, -0.2) is 0 Å². The quantitative estimate of drug-likeness (QED) is 0.868. The summed E-state index contributed by atoms with van der Waals surface area (Å²) in [5.74, 6) is 0.455. The molecule has 0 radical (unpaired) electrons. The van der Waals surface area contributed by atoms with E-state index in [4.69, 9.17) is 4.74 Å². The van der Waals surface area contributed by atoms with Gasteiger partial charge in [0.1, 0.15) is 6.04 Å². The van der Waals surface area contributed by atoms with Crippen molar-refractivity contribution in [3.63, 3.8) is 0 Å². The fourth-order valence-electron chi connectivity index (χ4n) is 4.09. The number of amides is 1. The first-order valence-electron chi connectivity index (χ1n) is 8.03. The van der Waals surface area contributed by atoms with Crippen LogP contribution < -0.4 is 10.6 Å². The van der Waals surface area contributed by atoms with Crippen molar-refractivity contribution in [2.24, 2.45) is 18.4 Å². The van der Waals surface area contributed by atoms with Crippen LogP contribution in [0.4, 0.5) is 0 Å². The maximum absolute atomic E-state index is 12.7. The fraction of sp³-hybridized carbons (Fsp3) is 0.750. The van der Waals surface area contributed by atoms with E-state index in [0.29, 0.717) is 5.92 Å². The summed E-state index contributed by atoms with van der Waals surface area (Å²) in [5.41, 5.74) is 0.879. The Bertz CT molecular complexity index is 560. The highest BCUT2D eigenvalue weighted by Crippen LogP contribution is 2.51. The van der Waals surface area contributed by atoms with Crippen LogP contribution in [0.15, 0.2) is 12.4 Å². The number of aromatic nitrogens is 2. The maximum atomic E-state index is 12.7. The Morgan fingerprint density at radius 1 is 1.52 bits per heavy atom. The van der Waals surface area contributed by atoms with E-state index in [0.717, 1.165) is 25.0 Å². The van der Waals surface area contributed by atoms with Gasteiger partial charge in [0, 0.05) is 42.8 Å². The molecule has 3 rings (SSSR count). The van der Waals surface area contributed by atoms with E-state index >= 15 is 0 Å². The minimum Gasteiger partial charge on any atom is -0.377 e. The number of hydrogen-bond donors (Lipinski definition) is 2. The lowest BCUT2D eigenvalue weighted by atomic mass is 9.55. The number of nitrogens with zero attached hydrogens (tertiary/aromatic N) is 2. The average Bonchev–Trinajstić information content (AvgIpc) is 2.92. The zero-order valence-corrected chi connectivity index (χ0v) is 15.0. The predicted molar refractivity (Wildman–Crippen MR) is 90.4 cm³/mol. The summed E-state index contributed by atoms with van der Waals surface area (Å²) in [5, 5.41) is 10.5. The monoisotopic (exact) mass is 342 g/mol. The first-order valence-corrected chi connectivity index (χ1v) is 8.03. The number of carbonyl (C=O) groups excluding carboxylic acids is 1. The summed E-state index contributed by atoms with van der Waals surface area (Å²) in [6.45, 7) is 5.21. The highest BCUT2D eigenvalue weighted by atomic mass is 35.5. The van der Waals surface area contributed by atoms with Crippen LogP contribution >= 0.6 is 12.4 Å². The molecule has 1 saturated heterocycles. The fourth-order valence-corrected chi connectivity index (χ4v) is 4.09. The number of carbonyl (C=O) groups is 1. The van der Waals surface area contributed by atoms with E-state index < -0.39 is 0 Å². The van der Waals surface area contributed by atoms with E-state index in [1.807, 2.05) is 13.2 Å². The lowest BCUT2D eigenvalue weighted by molar-refractivity contribution is -0.194.